The first-order chi connectivity index (χ1) is 9.90. The van der Waals surface area contributed by atoms with Gasteiger partial charge in [0.05, 0.1) is 17.7 Å². The van der Waals surface area contributed by atoms with Crippen LogP contribution in [0.1, 0.15) is 10.4 Å². The van der Waals surface area contributed by atoms with Crippen molar-refractivity contribution < 1.29 is 9.53 Å². The molecule has 0 aliphatic carbocycles. The number of nitrogens with one attached hydrogen (secondary N) is 1. The fourth-order valence-corrected chi connectivity index (χ4v) is 2.86. The van der Waals surface area contributed by atoms with E-state index in [-0.39, 0.29) is 16.3 Å². The van der Waals surface area contributed by atoms with Crippen molar-refractivity contribution in [3.8, 4) is 5.75 Å². The zero-order valence-corrected chi connectivity index (χ0v) is 13.7. The van der Waals surface area contributed by atoms with Gasteiger partial charge in [-0.25, -0.2) is 0 Å². The highest BCUT2D eigenvalue weighted by Gasteiger charge is 2.17. The van der Waals surface area contributed by atoms with E-state index >= 15 is 0 Å². The number of carbonyl (C=O) groups is 1. The highest BCUT2D eigenvalue weighted by atomic mass is 35.5. The molecule has 0 unspecified atom stereocenters. The largest absolute Gasteiger partial charge is 0.494 e. The Bertz CT molecular complexity index is 683. The predicted octanol–water partition coefficient (Wildman–Crippen LogP) is 5.56. The van der Waals surface area contributed by atoms with E-state index in [0.29, 0.717) is 20.8 Å². The van der Waals surface area contributed by atoms with Crippen molar-refractivity contribution in [3.63, 3.8) is 0 Å². The van der Waals surface area contributed by atoms with E-state index in [2.05, 4.69) is 5.32 Å². The summed E-state index contributed by atoms with van der Waals surface area (Å²) in [7, 11) is 1.42. The van der Waals surface area contributed by atoms with Crippen molar-refractivity contribution in [3.05, 3.63) is 56.0 Å². The SMILES string of the molecule is COc1c(Cl)cc(Cl)cc1C(=O)Nc1cc(Cl)cc(Cl)c1. The maximum atomic E-state index is 12.3. The highest BCUT2D eigenvalue weighted by Crippen LogP contribution is 2.33. The Balaban J connectivity index is 2.36. The second kappa shape index (κ2) is 6.75. The molecule has 3 nitrogen and oxygen atoms in total. The molecule has 0 aliphatic heterocycles. The van der Waals surface area contributed by atoms with Gasteiger partial charge in [0.2, 0.25) is 0 Å². The van der Waals surface area contributed by atoms with Crippen molar-refractivity contribution in [2.75, 3.05) is 12.4 Å². The van der Waals surface area contributed by atoms with Gasteiger partial charge in [-0.3, -0.25) is 4.79 Å². The lowest BCUT2D eigenvalue weighted by Gasteiger charge is -2.12. The fourth-order valence-electron chi connectivity index (χ4n) is 1.76. The molecule has 0 saturated heterocycles. The molecule has 2 rings (SSSR count). The zero-order chi connectivity index (χ0) is 15.6. The Morgan fingerprint density at radius 2 is 1.52 bits per heavy atom. The number of anilines is 1. The van der Waals surface area contributed by atoms with Crippen LogP contribution in [0, 0.1) is 0 Å². The number of hydrogen-bond donors (Lipinski definition) is 1. The third-order valence-corrected chi connectivity index (χ3v) is 3.51. The first kappa shape index (κ1) is 16.2. The minimum absolute atomic E-state index is 0.214. The number of rotatable bonds is 3. The lowest BCUT2D eigenvalue weighted by atomic mass is 10.1. The minimum atomic E-state index is -0.436. The summed E-state index contributed by atoms with van der Waals surface area (Å²) in [6, 6.07) is 7.67. The second-order valence-corrected chi connectivity index (χ2v) is 5.80. The molecule has 0 fully saturated rings. The molecular formula is C14H9Cl4NO2. The molecule has 1 N–H and O–H groups in total. The van der Waals surface area contributed by atoms with Crippen LogP contribution in [-0.4, -0.2) is 13.0 Å². The molecule has 110 valence electrons. The molecule has 0 atom stereocenters. The maximum Gasteiger partial charge on any atom is 0.259 e. The van der Waals surface area contributed by atoms with E-state index < -0.39 is 5.91 Å². The summed E-state index contributed by atoms with van der Waals surface area (Å²) >= 11 is 23.7. The van der Waals surface area contributed by atoms with Crippen molar-refractivity contribution in [1.29, 1.82) is 0 Å². The lowest BCUT2D eigenvalue weighted by molar-refractivity contribution is 0.102. The monoisotopic (exact) mass is 363 g/mol. The number of carbonyl (C=O) groups excluding carboxylic acids is 1. The Kier molecular flexibility index (Phi) is 5.22. The standard InChI is InChI=1S/C14H9Cl4NO2/c1-21-13-11(5-9(17)6-12(13)18)14(20)19-10-3-7(15)2-8(16)4-10/h2-6H,1H3,(H,19,20). The first-order valence-electron chi connectivity index (χ1n) is 5.71. The molecule has 1 amide bonds. The average Bonchev–Trinajstić information content (AvgIpc) is 2.36. The molecule has 21 heavy (non-hydrogen) atoms. The van der Waals surface area contributed by atoms with Gasteiger partial charge >= 0.3 is 0 Å². The smallest absolute Gasteiger partial charge is 0.259 e. The van der Waals surface area contributed by atoms with Crippen molar-refractivity contribution in [2.45, 2.75) is 0 Å². The molecule has 2 aromatic carbocycles. The predicted molar refractivity (Wildman–Crippen MR) is 87.4 cm³/mol. The molecule has 2 aromatic rings. The van der Waals surface area contributed by atoms with Crippen molar-refractivity contribution in [2.24, 2.45) is 0 Å². The first-order valence-corrected chi connectivity index (χ1v) is 7.22. The van der Waals surface area contributed by atoms with Gasteiger partial charge in [0.1, 0.15) is 5.75 Å². The van der Waals surface area contributed by atoms with Gasteiger partial charge in [-0.15, -0.1) is 0 Å². The van der Waals surface area contributed by atoms with Crippen LogP contribution in [0.3, 0.4) is 0 Å². The molecule has 0 aromatic heterocycles. The van der Waals surface area contributed by atoms with Gasteiger partial charge in [0.15, 0.2) is 0 Å². The van der Waals surface area contributed by atoms with E-state index in [1.807, 2.05) is 0 Å². The van der Waals surface area contributed by atoms with Crippen LogP contribution in [-0.2, 0) is 0 Å². The van der Waals surface area contributed by atoms with E-state index in [9.17, 15) is 4.79 Å². The summed E-state index contributed by atoms with van der Waals surface area (Å²) in [6.07, 6.45) is 0. The molecule has 0 bridgehead atoms. The number of halogens is 4. The van der Waals surface area contributed by atoms with Crippen molar-refractivity contribution in [1.82, 2.24) is 0 Å². The molecule has 0 aliphatic rings. The quantitative estimate of drug-likeness (QED) is 0.773. The van der Waals surface area contributed by atoms with Crippen LogP contribution in [0.4, 0.5) is 5.69 Å². The van der Waals surface area contributed by atoms with Gasteiger partial charge in [0, 0.05) is 20.8 Å². The van der Waals surface area contributed by atoms with Gasteiger partial charge in [0.25, 0.3) is 5.91 Å². The normalized spacial score (nSPS) is 10.3. The van der Waals surface area contributed by atoms with Crippen LogP contribution in [0.25, 0.3) is 0 Å². The zero-order valence-electron chi connectivity index (χ0n) is 10.7. The van der Waals surface area contributed by atoms with Crippen LogP contribution in [0.5, 0.6) is 5.75 Å². The summed E-state index contributed by atoms with van der Waals surface area (Å²) in [5.41, 5.74) is 0.668. The molecule has 0 saturated carbocycles. The number of ether oxygens (including phenoxy) is 1. The molecule has 0 spiro atoms. The Hall–Kier alpha value is -1.13. The third kappa shape index (κ3) is 3.95. The Morgan fingerprint density at radius 1 is 0.952 bits per heavy atom. The van der Waals surface area contributed by atoms with Gasteiger partial charge in [-0.1, -0.05) is 46.4 Å². The number of benzene rings is 2. The van der Waals surface area contributed by atoms with Crippen LogP contribution in [0.15, 0.2) is 30.3 Å². The van der Waals surface area contributed by atoms with Gasteiger partial charge in [-0.2, -0.15) is 0 Å². The van der Waals surface area contributed by atoms with Gasteiger partial charge < -0.3 is 10.1 Å². The Morgan fingerprint density at radius 3 is 2.10 bits per heavy atom. The van der Waals surface area contributed by atoms with E-state index in [4.69, 9.17) is 51.1 Å². The minimum Gasteiger partial charge on any atom is -0.494 e. The third-order valence-electron chi connectivity index (χ3n) is 2.58. The summed E-state index contributed by atoms with van der Waals surface area (Å²) in [4.78, 5) is 12.3. The highest BCUT2D eigenvalue weighted by molar-refractivity contribution is 6.37. The van der Waals surface area contributed by atoms with Crippen LogP contribution >= 0.6 is 46.4 Å². The van der Waals surface area contributed by atoms with E-state index in [1.54, 1.807) is 18.2 Å². The summed E-state index contributed by atoms with van der Waals surface area (Å²) in [6.45, 7) is 0. The van der Waals surface area contributed by atoms with Crippen LogP contribution in [0.2, 0.25) is 20.1 Å². The maximum absolute atomic E-state index is 12.3. The molecule has 0 heterocycles. The Labute approximate surface area is 141 Å². The van der Waals surface area contributed by atoms with E-state index in [1.165, 1.54) is 19.2 Å². The van der Waals surface area contributed by atoms with Crippen molar-refractivity contribution >= 4 is 58.0 Å². The number of amides is 1. The fraction of sp³-hybridized carbons (Fsp3) is 0.0714. The number of hydrogen-bond acceptors (Lipinski definition) is 2. The second-order valence-electron chi connectivity index (χ2n) is 4.08. The molecule has 7 heteroatoms. The number of methoxy groups -OCH3 is 1. The van der Waals surface area contributed by atoms with E-state index in [0.717, 1.165) is 0 Å². The molecule has 0 radical (unpaired) electrons. The summed E-state index contributed by atoms with van der Waals surface area (Å²) in [5.74, 6) is -0.193. The topological polar surface area (TPSA) is 38.3 Å². The molecular weight excluding hydrogens is 356 g/mol. The summed E-state index contributed by atoms with van der Waals surface area (Å²) in [5, 5.41) is 4.06. The summed E-state index contributed by atoms with van der Waals surface area (Å²) < 4.78 is 5.13. The van der Waals surface area contributed by atoms with Crippen LogP contribution < -0.4 is 10.1 Å². The van der Waals surface area contributed by atoms with Gasteiger partial charge in [-0.05, 0) is 30.3 Å². The lowest BCUT2D eigenvalue weighted by Crippen LogP contribution is -2.13. The average molecular weight is 365 g/mol.